The number of fused-ring (bicyclic) bond motifs is 1. The van der Waals surface area contributed by atoms with E-state index in [0.717, 1.165) is 20.4 Å². The Hall–Kier alpha value is -3.92. The predicted molar refractivity (Wildman–Crippen MR) is 105 cm³/mol. The molecule has 0 spiro atoms. The lowest BCUT2D eigenvalue weighted by Crippen LogP contribution is -2.24. The molecule has 0 unspecified atom stereocenters. The maximum absolute atomic E-state index is 12.4. The third-order valence-corrected chi connectivity index (χ3v) is 5.35. The lowest BCUT2D eigenvalue weighted by molar-refractivity contribution is -0.384. The predicted octanol–water partition coefficient (Wildman–Crippen LogP) is 2.36. The largest absolute Gasteiger partial charge is 0.384 e. The first-order chi connectivity index (χ1) is 13.8. The van der Waals surface area contributed by atoms with Crippen LogP contribution >= 0.6 is 11.8 Å². The van der Waals surface area contributed by atoms with E-state index in [-0.39, 0.29) is 22.6 Å². The molecule has 1 aliphatic heterocycles. The Balaban J connectivity index is 1.64. The quantitative estimate of drug-likeness (QED) is 0.384. The third kappa shape index (κ3) is 3.25. The second-order valence-corrected chi connectivity index (χ2v) is 7.27. The number of nitro benzene ring substituents is 1. The minimum absolute atomic E-state index is 0.0127. The van der Waals surface area contributed by atoms with Crippen LogP contribution in [0, 0.1) is 10.1 Å². The van der Waals surface area contributed by atoms with E-state index in [2.05, 4.69) is 5.32 Å². The van der Waals surface area contributed by atoms with Crippen molar-refractivity contribution in [2.45, 2.75) is 9.79 Å². The highest BCUT2D eigenvalue weighted by Gasteiger charge is 2.31. The molecule has 3 aromatic rings. The normalized spacial score (nSPS) is 12.6. The second-order valence-electron chi connectivity index (χ2n) is 6.12. The lowest BCUT2D eigenvalue weighted by atomic mass is 10.1. The van der Waals surface area contributed by atoms with Gasteiger partial charge < -0.3 is 5.73 Å². The van der Waals surface area contributed by atoms with Gasteiger partial charge in [-0.3, -0.25) is 34.4 Å². The van der Waals surface area contributed by atoms with Crippen LogP contribution in [0.5, 0.6) is 0 Å². The zero-order valence-electron chi connectivity index (χ0n) is 14.6. The number of nitrogens with zero attached hydrogens (tertiary/aromatic N) is 2. The molecule has 0 saturated heterocycles. The maximum atomic E-state index is 12.4. The van der Waals surface area contributed by atoms with Crippen LogP contribution in [0.15, 0.2) is 69.2 Å². The molecule has 2 amide bonds. The Morgan fingerprint density at radius 2 is 1.52 bits per heavy atom. The number of anilines is 1. The number of hydrogen-bond acceptors (Lipinski definition) is 7. The molecule has 0 atom stereocenters. The Morgan fingerprint density at radius 1 is 0.931 bits per heavy atom. The number of nitrogens with two attached hydrogens (primary N) is 1. The smallest absolute Gasteiger partial charge is 0.269 e. The summed E-state index contributed by atoms with van der Waals surface area (Å²) >= 11 is 1.39. The zero-order valence-corrected chi connectivity index (χ0v) is 15.4. The number of nitro groups is 1. The lowest BCUT2D eigenvalue weighted by Gasteiger charge is -2.12. The van der Waals surface area contributed by atoms with Gasteiger partial charge in [0.1, 0.15) is 5.82 Å². The number of nitrogens with one attached hydrogen (secondary N) is 1. The summed E-state index contributed by atoms with van der Waals surface area (Å²) in [5.74, 6) is -1.39. The number of carbonyl (C=O) groups excluding carboxylic acids is 2. The summed E-state index contributed by atoms with van der Waals surface area (Å²) in [6, 6.07) is 14.1. The first kappa shape index (κ1) is 18.4. The van der Waals surface area contributed by atoms with E-state index in [9.17, 15) is 24.5 Å². The molecule has 0 aliphatic carbocycles. The van der Waals surface area contributed by atoms with Crippen LogP contribution in [0.2, 0.25) is 0 Å². The topological polar surface area (TPSA) is 137 Å². The molecule has 0 bridgehead atoms. The van der Waals surface area contributed by atoms with Crippen molar-refractivity contribution < 1.29 is 14.5 Å². The first-order valence-corrected chi connectivity index (χ1v) is 9.11. The van der Waals surface area contributed by atoms with Gasteiger partial charge in [-0.2, -0.15) is 0 Å². The summed E-state index contributed by atoms with van der Waals surface area (Å²) in [6.45, 7) is 0. The number of amides is 2. The molecule has 10 heteroatoms. The van der Waals surface area contributed by atoms with Crippen molar-refractivity contribution >= 4 is 35.1 Å². The molecule has 0 saturated carbocycles. The molecule has 1 aliphatic rings. The van der Waals surface area contributed by atoms with E-state index >= 15 is 0 Å². The fraction of sp³-hybridized carbons (Fsp3) is 0. The Bertz CT molecular complexity index is 1230. The summed E-state index contributed by atoms with van der Waals surface area (Å²) in [6.07, 6.45) is 0. The second kappa shape index (κ2) is 6.91. The minimum atomic E-state index is -0.643. The highest BCUT2D eigenvalue weighted by Crippen LogP contribution is 2.30. The summed E-state index contributed by atoms with van der Waals surface area (Å²) in [4.78, 5) is 48.0. The molecule has 3 N–H and O–H groups in total. The Kier molecular flexibility index (Phi) is 4.40. The number of hydrogen-bond donors (Lipinski definition) is 2. The van der Waals surface area contributed by atoms with Crippen molar-refractivity contribution in [3.63, 3.8) is 0 Å². The molecular formula is C19H12N4O5S. The van der Waals surface area contributed by atoms with Crippen molar-refractivity contribution in [2.24, 2.45) is 0 Å². The molecule has 0 radical (unpaired) electrons. The fourth-order valence-corrected chi connectivity index (χ4v) is 3.80. The fourth-order valence-electron chi connectivity index (χ4n) is 2.98. The molecule has 1 aromatic heterocycles. The summed E-state index contributed by atoms with van der Waals surface area (Å²) in [5.41, 5.74) is 5.89. The van der Waals surface area contributed by atoms with Crippen LogP contribution in [-0.2, 0) is 0 Å². The van der Waals surface area contributed by atoms with Gasteiger partial charge in [0.25, 0.3) is 23.1 Å². The van der Waals surface area contributed by atoms with Crippen molar-refractivity contribution in [3.05, 3.63) is 86.2 Å². The number of imide groups is 1. The average Bonchev–Trinajstić information content (AvgIpc) is 2.97. The van der Waals surface area contributed by atoms with Crippen molar-refractivity contribution in [1.82, 2.24) is 9.88 Å². The van der Waals surface area contributed by atoms with Gasteiger partial charge in [0.05, 0.1) is 21.7 Å². The van der Waals surface area contributed by atoms with Crippen LogP contribution in [0.1, 0.15) is 20.7 Å². The zero-order chi connectivity index (χ0) is 20.7. The van der Waals surface area contributed by atoms with Gasteiger partial charge in [-0.15, -0.1) is 0 Å². The minimum Gasteiger partial charge on any atom is -0.384 e. The number of rotatable bonds is 4. The van der Waals surface area contributed by atoms with Gasteiger partial charge in [-0.05, 0) is 36.4 Å². The van der Waals surface area contributed by atoms with E-state index in [4.69, 9.17) is 5.73 Å². The molecule has 9 nitrogen and oxygen atoms in total. The molecule has 4 rings (SSSR count). The number of benzene rings is 2. The Labute approximate surface area is 167 Å². The SMILES string of the molecule is Nc1c2c(cc(=O)n1-c1ccc(Sc3ccc([N+](=O)[O-])cc3)cc1)C(=O)NC2=O. The summed E-state index contributed by atoms with van der Waals surface area (Å²) < 4.78 is 1.16. The monoisotopic (exact) mass is 408 g/mol. The molecule has 2 heterocycles. The van der Waals surface area contributed by atoms with Gasteiger partial charge in [0.15, 0.2) is 0 Å². The standard InChI is InChI=1S/C19H12N4O5S/c20-17-16-14(18(25)21-19(16)26)9-15(24)22(17)10-1-5-12(6-2-10)29-13-7-3-11(4-8-13)23(27)28/h1-9H,20H2,(H,21,25,26). The molecular weight excluding hydrogens is 396 g/mol. The van der Waals surface area contributed by atoms with E-state index in [1.807, 2.05) is 0 Å². The third-order valence-electron chi connectivity index (χ3n) is 4.33. The van der Waals surface area contributed by atoms with Crippen LogP contribution in [0.25, 0.3) is 5.69 Å². The number of pyridine rings is 1. The van der Waals surface area contributed by atoms with Gasteiger partial charge in [0.2, 0.25) is 0 Å². The van der Waals surface area contributed by atoms with Gasteiger partial charge in [-0.1, -0.05) is 11.8 Å². The molecule has 144 valence electrons. The number of aromatic nitrogens is 1. The van der Waals surface area contributed by atoms with E-state index < -0.39 is 22.3 Å². The maximum Gasteiger partial charge on any atom is 0.269 e. The van der Waals surface area contributed by atoms with Crippen LogP contribution in [0.4, 0.5) is 11.5 Å². The van der Waals surface area contributed by atoms with Crippen LogP contribution in [-0.4, -0.2) is 21.3 Å². The molecule has 2 aromatic carbocycles. The van der Waals surface area contributed by atoms with E-state index in [1.165, 1.54) is 23.9 Å². The highest BCUT2D eigenvalue weighted by molar-refractivity contribution is 7.99. The van der Waals surface area contributed by atoms with E-state index in [1.54, 1.807) is 36.4 Å². The van der Waals surface area contributed by atoms with E-state index in [0.29, 0.717) is 5.69 Å². The Morgan fingerprint density at radius 3 is 2.10 bits per heavy atom. The number of nitrogen functional groups attached to an aromatic ring is 1. The van der Waals surface area contributed by atoms with Gasteiger partial charge in [0, 0.05) is 28.0 Å². The van der Waals surface area contributed by atoms with Crippen LogP contribution < -0.4 is 16.6 Å². The first-order valence-electron chi connectivity index (χ1n) is 8.29. The summed E-state index contributed by atoms with van der Waals surface area (Å²) in [5, 5.41) is 12.8. The average molecular weight is 408 g/mol. The van der Waals surface area contributed by atoms with Crippen LogP contribution in [0.3, 0.4) is 0 Å². The van der Waals surface area contributed by atoms with Crippen molar-refractivity contribution in [2.75, 3.05) is 5.73 Å². The summed E-state index contributed by atoms with van der Waals surface area (Å²) in [7, 11) is 0. The highest BCUT2D eigenvalue weighted by atomic mass is 32.2. The number of carbonyl (C=O) groups is 2. The van der Waals surface area contributed by atoms with Gasteiger partial charge in [-0.25, -0.2) is 0 Å². The van der Waals surface area contributed by atoms with Crippen molar-refractivity contribution in [3.8, 4) is 5.69 Å². The molecule has 29 heavy (non-hydrogen) atoms. The number of non-ortho nitro benzene ring substituents is 1. The molecule has 0 fully saturated rings. The van der Waals surface area contributed by atoms with Gasteiger partial charge >= 0.3 is 0 Å². The van der Waals surface area contributed by atoms with Crippen molar-refractivity contribution in [1.29, 1.82) is 0 Å².